The molecule has 1 atom stereocenters. The van der Waals surface area contributed by atoms with Crippen LogP contribution in [0.5, 0.6) is 5.88 Å². The summed E-state index contributed by atoms with van der Waals surface area (Å²) in [6.45, 7) is 4.03. The van der Waals surface area contributed by atoms with Crippen LogP contribution in [0.2, 0.25) is 0 Å². The molecule has 122 valence electrons. The van der Waals surface area contributed by atoms with Gasteiger partial charge in [0.1, 0.15) is 4.88 Å². The lowest BCUT2D eigenvalue weighted by Gasteiger charge is -2.11. The minimum atomic E-state index is -0.452. The van der Waals surface area contributed by atoms with Gasteiger partial charge in [-0.05, 0) is 37.7 Å². The number of aromatic hydroxyl groups is 1. The van der Waals surface area contributed by atoms with Gasteiger partial charge in [-0.3, -0.25) is 9.56 Å². The quantitative estimate of drug-likeness (QED) is 0.490. The maximum atomic E-state index is 11.7. The standard InChI is InChI=1S/C16H18N2O3S2/c1-4-10(2)18-14(19)13(23-16(18)22)9-17-12-8-6-5-7-11(12)15(20)21-3/h5-10,19H,4H2,1-3H3. The number of rotatable bonds is 5. The van der Waals surface area contributed by atoms with E-state index in [9.17, 15) is 9.90 Å². The summed E-state index contributed by atoms with van der Waals surface area (Å²) in [4.78, 5) is 16.6. The molecule has 5 nitrogen and oxygen atoms in total. The molecule has 2 rings (SSSR count). The third-order valence-electron chi connectivity index (χ3n) is 3.50. The zero-order valence-electron chi connectivity index (χ0n) is 13.1. The van der Waals surface area contributed by atoms with Crippen LogP contribution in [0, 0.1) is 3.95 Å². The first kappa shape index (κ1) is 17.4. The smallest absolute Gasteiger partial charge is 0.340 e. The molecule has 1 aromatic heterocycles. The zero-order valence-corrected chi connectivity index (χ0v) is 14.8. The van der Waals surface area contributed by atoms with E-state index in [1.54, 1.807) is 28.8 Å². The highest BCUT2D eigenvalue weighted by Gasteiger charge is 2.15. The number of carbonyl (C=O) groups excluding carboxylic acids is 1. The summed E-state index contributed by atoms with van der Waals surface area (Å²) in [6.07, 6.45) is 2.39. The van der Waals surface area contributed by atoms with Gasteiger partial charge < -0.3 is 9.84 Å². The van der Waals surface area contributed by atoms with Crippen LogP contribution < -0.4 is 0 Å². The molecule has 0 saturated heterocycles. The van der Waals surface area contributed by atoms with Crippen LogP contribution in [-0.2, 0) is 4.74 Å². The fourth-order valence-electron chi connectivity index (χ4n) is 2.05. The van der Waals surface area contributed by atoms with E-state index in [1.807, 2.05) is 13.8 Å². The van der Waals surface area contributed by atoms with Crippen molar-refractivity contribution in [2.75, 3.05) is 7.11 Å². The summed E-state index contributed by atoms with van der Waals surface area (Å²) >= 11 is 6.59. The number of hydrogen-bond acceptors (Lipinski definition) is 6. The largest absolute Gasteiger partial charge is 0.493 e. The number of nitrogens with zero attached hydrogens (tertiary/aromatic N) is 2. The zero-order chi connectivity index (χ0) is 17.0. The molecular formula is C16H18N2O3S2. The Balaban J connectivity index is 2.39. The molecule has 0 radical (unpaired) electrons. The van der Waals surface area contributed by atoms with Crippen LogP contribution in [-0.4, -0.2) is 29.0 Å². The van der Waals surface area contributed by atoms with E-state index >= 15 is 0 Å². The summed E-state index contributed by atoms with van der Waals surface area (Å²) in [5, 5.41) is 10.3. The number of esters is 1. The van der Waals surface area contributed by atoms with Crippen molar-refractivity contribution in [2.24, 2.45) is 4.99 Å². The number of carbonyl (C=O) groups is 1. The lowest BCUT2D eigenvalue weighted by Crippen LogP contribution is -2.03. The van der Waals surface area contributed by atoms with Gasteiger partial charge in [0.2, 0.25) is 5.88 Å². The average molecular weight is 350 g/mol. The molecule has 0 aliphatic carbocycles. The number of methoxy groups -OCH3 is 1. The maximum absolute atomic E-state index is 11.7. The number of aromatic nitrogens is 1. The summed E-state index contributed by atoms with van der Waals surface area (Å²) in [6, 6.07) is 7.00. The van der Waals surface area contributed by atoms with Crippen LogP contribution in [0.15, 0.2) is 29.3 Å². The van der Waals surface area contributed by atoms with Crippen LogP contribution in [0.4, 0.5) is 5.69 Å². The highest BCUT2D eigenvalue weighted by Crippen LogP contribution is 2.30. The molecule has 0 fully saturated rings. The van der Waals surface area contributed by atoms with Gasteiger partial charge in [-0.15, -0.1) is 0 Å². The first-order valence-corrected chi connectivity index (χ1v) is 8.37. The number of thiazole rings is 1. The van der Waals surface area contributed by atoms with Crippen LogP contribution in [0.3, 0.4) is 0 Å². The predicted octanol–water partition coefficient (Wildman–Crippen LogP) is 4.49. The Bertz CT molecular complexity index is 793. The lowest BCUT2D eigenvalue weighted by molar-refractivity contribution is 0.0601. The number of ether oxygens (including phenoxy) is 1. The van der Waals surface area contributed by atoms with Crippen molar-refractivity contribution < 1.29 is 14.6 Å². The summed E-state index contributed by atoms with van der Waals surface area (Å²) in [7, 11) is 1.33. The van der Waals surface area contributed by atoms with Crippen molar-refractivity contribution >= 4 is 41.4 Å². The number of hydrogen-bond donors (Lipinski definition) is 1. The van der Waals surface area contributed by atoms with E-state index in [-0.39, 0.29) is 11.9 Å². The van der Waals surface area contributed by atoms with E-state index in [0.717, 1.165) is 6.42 Å². The highest BCUT2D eigenvalue weighted by molar-refractivity contribution is 7.73. The van der Waals surface area contributed by atoms with Crippen molar-refractivity contribution in [3.8, 4) is 5.88 Å². The van der Waals surface area contributed by atoms with Gasteiger partial charge in [0.05, 0.1) is 24.6 Å². The van der Waals surface area contributed by atoms with Crippen LogP contribution in [0.25, 0.3) is 0 Å². The van der Waals surface area contributed by atoms with Crippen molar-refractivity contribution in [1.29, 1.82) is 0 Å². The molecule has 0 aliphatic rings. The molecule has 1 aromatic carbocycles. The average Bonchev–Trinajstić information content (AvgIpc) is 2.85. The molecule has 23 heavy (non-hydrogen) atoms. The summed E-state index contributed by atoms with van der Waals surface area (Å²) < 4.78 is 7.05. The van der Waals surface area contributed by atoms with Gasteiger partial charge in [0.15, 0.2) is 3.95 Å². The van der Waals surface area contributed by atoms with E-state index in [4.69, 9.17) is 17.0 Å². The lowest BCUT2D eigenvalue weighted by atomic mass is 10.2. The molecule has 0 spiro atoms. The Morgan fingerprint density at radius 1 is 1.52 bits per heavy atom. The first-order valence-electron chi connectivity index (χ1n) is 7.15. The van der Waals surface area contributed by atoms with Crippen molar-refractivity contribution in [1.82, 2.24) is 4.57 Å². The SMILES string of the molecule is CCC(C)n1c(O)c(C=Nc2ccccc2C(=O)OC)sc1=S. The summed E-state index contributed by atoms with van der Waals surface area (Å²) in [5.74, 6) is -0.347. The van der Waals surface area contributed by atoms with Gasteiger partial charge in [0, 0.05) is 6.04 Å². The van der Waals surface area contributed by atoms with E-state index in [1.165, 1.54) is 24.7 Å². The molecule has 0 amide bonds. The topological polar surface area (TPSA) is 63.8 Å². The second-order valence-electron chi connectivity index (χ2n) is 4.95. The van der Waals surface area contributed by atoms with Gasteiger partial charge in [-0.2, -0.15) is 0 Å². The second kappa shape index (κ2) is 7.52. The third kappa shape index (κ3) is 3.68. The molecular weight excluding hydrogens is 332 g/mol. The predicted molar refractivity (Wildman–Crippen MR) is 94.8 cm³/mol. The van der Waals surface area contributed by atoms with Crippen molar-refractivity contribution in [3.05, 3.63) is 38.7 Å². The Morgan fingerprint density at radius 2 is 2.22 bits per heavy atom. The molecule has 2 aromatic rings. The molecule has 0 aliphatic heterocycles. The van der Waals surface area contributed by atoms with E-state index in [2.05, 4.69) is 4.99 Å². The van der Waals surface area contributed by atoms with E-state index in [0.29, 0.717) is 20.1 Å². The molecule has 7 heteroatoms. The molecule has 1 unspecified atom stereocenters. The fraction of sp³-hybridized carbons (Fsp3) is 0.312. The van der Waals surface area contributed by atoms with Gasteiger partial charge in [-0.1, -0.05) is 30.4 Å². The van der Waals surface area contributed by atoms with E-state index < -0.39 is 5.97 Å². The Labute approximate surface area is 143 Å². The number of benzene rings is 1. The fourth-order valence-corrected chi connectivity index (χ4v) is 3.43. The molecule has 0 saturated carbocycles. The molecule has 0 bridgehead atoms. The normalized spacial score (nSPS) is 12.5. The van der Waals surface area contributed by atoms with Crippen LogP contribution in [0.1, 0.15) is 41.5 Å². The first-order chi connectivity index (χ1) is 11.0. The van der Waals surface area contributed by atoms with Crippen LogP contribution >= 0.6 is 23.6 Å². The minimum Gasteiger partial charge on any atom is -0.493 e. The third-order valence-corrected chi connectivity index (χ3v) is 4.83. The monoisotopic (exact) mass is 350 g/mol. The number of aliphatic imine (C=N–C) groups is 1. The Kier molecular flexibility index (Phi) is 5.68. The van der Waals surface area contributed by atoms with Gasteiger partial charge >= 0.3 is 5.97 Å². The highest BCUT2D eigenvalue weighted by atomic mass is 32.1. The molecule has 1 N–H and O–H groups in total. The van der Waals surface area contributed by atoms with Gasteiger partial charge in [0.25, 0.3) is 0 Å². The summed E-state index contributed by atoms with van der Waals surface area (Å²) in [5.41, 5.74) is 0.851. The minimum absolute atomic E-state index is 0.105. The molecule has 1 heterocycles. The van der Waals surface area contributed by atoms with Crippen molar-refractivity contribution in [2.45, 2.75) is 26.3 Å². The van der Waals surface area contributed by atoms with Crippen molar-refractivity contribution in [3.63, 3.8) is 0 Å². The second-order valence-corrected chi connectivity index (χ2v) is 6.63. The maximum Gasteiger partial charge on any atom is 0.340 e. The Hall–Kier alpha value is -1.99. The number of para-hydroxylation sites is 1. The van der Waals surface area contributed by atoms with Gasteiger partial charge in [-0.25, -0.2) is 4.79 Å². The Morgan fingerprint density at radius 3 is 2.87 bits per heavy atom.